The number of hydrogen-bond acceptors (Lipinski definition) is 5. The van der Waals surface area contributed by atoms with Crippen molar-refractivity contribution in [2.75, 3.05) is 18.5 Å². The smallest absolute Gasteiger partial charge is 0.405 e. The summed E-state index contributed by atoms with van der Waals surface area (Å²) in [5, 5.41) is 11.1. The minimum Gasteiger partial charge on any atom is -0.409 e. The van der Waals surface area contributed by atoms with Crippen LogP contribution in [-0.2, 0) is 0 Å². The first kappa shape index (κ1) is 13.0. The van der Waals surface area contributed by atoms with E-state index in [1.54, 1.807) is 0 Å². The Morgan fingerprint density at radius 3 is 2.71 bits per heavy atom. The van der Waals surface area contributed by atoms with Crippen molar-refractivity contribution in [2.45, 2.75) is 6.18 Å². The Labute approximate surface area is 94.6 Å². The molecule has 0 atom stereocenters. The Morgan fingerprint density at radius 2 is 2.18 bits per heavy atom. The second kappa shape index (κ2) is 4.85. The molecule has 9 heteroatoms. The minimum absolute atomic E-state index is 0.0268. The van der Waals surface area contributed by atoms with E-state index in [9.17, 15) is 13.2 Å². The molecule has 0 aliphatic heterocycles. The van der Waals surface area contributed by atoms with Crippen LogP contribution in [0.5, 0.6) is 0 Å². The highest BCUT2D eigenvalue weighted by Crippen LogP contribution is 2.19. The van der Waals surface area contributed by atoms with Crippen LogP contribution in [0, 0.1) is 0 Å². The third-order valence-corrected chi connectivity index (χ3v) is 1.83. The van der Waals surface area contributed by atoms with Crippen LogP contribution < -0.4 is 10.6 Å². The average molecular weight is 249 g/mol. The van der Waals surface area contributed by atoms with Gasteiger partial charge >= 0.3 is 6.18 Å². The summed E-state index contributed by atoms with van der Waals surface area (Å²) in [7, 11) is 1.23. The Balaban J connectivity index is 2.92. The largest absolute Gasteiger partial charge is 0.409 e. The summed E-state index contributed by atoms with van der Waals surface area (Å²) in [5.41, 5.74) is 5.31. The predicted molar refractivity (Wildman–Crippen MR) is 53.9 cm³/mol. The van der Waals surface area contributed by atoms with Gasteiger partial charge in [0.1, 0.15) is 24.4 Å². The summed E-state index contributed by atoms with van der Waals surface area (Å²) < 4.78 is 36.4. The van der Waals surface area contributed by atoms with Crippen molar-refractivity contribution in [1.29, 1.82) is 0 Å². The van der Waals surface area contributed by atoms with Crippen LogP contribution in [0.4, 0.5) is 19.0 Å². The molecule has 0 spiro atoms. The quantitative estimate of drug-likeness (QED) is 0.354. The predicted octanol–water partition coefficient (Wildman–Crippen LogP) is 0.570. The zero-order chi connectivity index (χ0) is 13.1. The first-order chi connectivity index (χ1) is 7.83. The van der Waals surface area contributed by atoms with E-state index < -0.39 is 12.7 Å². The van der Waals surface area contributed by atoms with Crippen LogP contribution in [0.3, 0.4) is 0 Å². The number of nitrogens with two attached hydrogens (primary N) is 1. The van der Waals surface area contributed by atoms with Gasteiger partial charge in [-0.15, -0.1) is 0 Å². The van der Waals surface area contributed by atoms with Crippen LogP contribution in [0.1, 0.15) is 5.69 Å². The lowest BCUT2D eigenvalue weighted by atomic mass is 10.3. The molecular formula is C8H10F3N5O. The molecule has 3 N–H and O–H groups in total. The van der Waals surface area contributed by atoms with Crippen LogP contribution >= 0.6 is 0 Å². The van der Waals surface area contributed by atoms with Crippen molar-refractivity contribution in [2.24, 2.45) is 10.9 Å². The van der Waals surface area contributed by atoms with E-state index in [-0.39, 0.29) is 17.3 Å². The lowest BCUT2D eigenvalue weighted by molar-refractivity contribution is -0.119. The van der Waals surface area contributed by atoms with Crippen molar-refractivity contribution in [1.82, 2.24) is 9.97 Å². The number of rotatable bonds is 3. The fraction of sp³-hybridized carbons (Fsp3) is 0.375. The highest BCUT2D eigenvalue weighted by Gasteiger charge is 2.29. The van der Waals surface area contributed by atoms with Gasteiger partial charge < -0.3 is 15.8 Å². The number of anilines is 1. The van der Waals surface area contributed by atoms with Crippen molar-refractivity contribution >= 4 is 11.7 Å². The van der Waals surface area contributed by atoms with E-state index >= 15 is 0 Å². The first-order valence-electron chi connectivity index (χ1n) is 4.41. The lowest BCUT2D eigenvalue weighted by Crippen LogP contribution is -2.31. The van der Waals surface area contributed by atoms with E-state index in [0.29, 0.717) is 0 Å². The lowest BCUT2D eigenvalue weighted by Gasteiger charge is -2.19. The van der Waals surface area contributed by atoms with Gasteiger partial charge in [0.05, 0.1) is 0 Å². The molecule has 0 fully saturated rings. The highest BCUT2D eigenvalue weighted by molar-refractivity contribution is 5.95. The van der Waals surface area contributed by atoms with E-state index in [1.165, 1.54) is 13.1 Å². The molecule has 0 saturated carbocycles. The summed E-state index contributed by atoms with van der Waals surface area (Å²) in [6.45, 7) is -1.15. The highest BCUT2D eigenvalue weighted by atomic mass is 19.4. The molecule has 0 aromatic carbocycles. The topological polar surface area (TPSA) is 87.6 Å². The third kappa shape index (κ3) is 3.78. The van der Waals surface area contributed by atoms with Gasteiger partial charge in [-0.25, -0.2) is 9.97 Å². The fourth-order valence-electron chi connectivity index (χ4n) is 1.10. The molecule has 1 aromatic heterocycles. The van der Waals surface area contributed by atoms with Gasteiger partial charge in [-0.1, -0.05) is 5.16 Å². The van der Waals surface area contributed by atoms with Crippen molar-refractivity contribution < 1.29 is 18.4 Å². The summed E-state index contributed by atoms with van der Waals surface area (Å²) >= 11 is 0. The van der Waals surface area contributed by atoms with E-state index in [0.717, 1.165) is 11.2 Å². The SMILES string of the molecule is CN(CC(F)(F)F)c1cc(/C(N)=N\O)ncn1. The Hall–Kier alpha value is -2.06. The fourth-order valence-corrected chi connectivity index (χ4v) is 1.10. The average Bonchev–Trinajstić information content (AvgIpc) is 2.26. The summed E-state index contributed by atoms with van der Waals surface area (Å²) in [4.78, 5) is 8.20. The molecule has 0 amide bonds. The molecule has 1 rings (SSSR count). The Kier molecular flexibility index (Phi) is 3.71. The second-order valence-electron chi connectivity index (χ2n) is 3.22. The molecule has 0 aliphatic carbocycles. The number of nitrogens with zero attached hydrogens (tertiary/aromatic N) is 4. The van der Waals surface area contributed by atoms with Crippen molar-refractivity contribution in [3.8, 4) is 0 Å². The van der Waals surface area contributed by atoms with Gasteiger partial charge in [-0.3, -0.25) is 0 Å². The van der Waals surface area contributed by atoms with Gasteiger partial charge in [0.2, 0.25) is 0 Å². The Morgan fingerprint density at radius 1 is 1.53 bits per heavy atom. The molecule has 0 saturated heterocycles. The first-order valence-corrected chi connectivity index (χ1v) is 4.41. The van der Waals surface area contributed by atoms with E-state index in [2.05, 4.69) is 15.1 Å². The summed E-state index contributed by atoms with van der Waals surface area (Å²) in [6.07, 6.45) is -3.30. The van der Waals surface area contributed by atoms with Gasteiger partial charge in [0.15, 0.2) is 5.84 Å². The minimum atomic E-state index is -4.34. The number of aromatic nitrogens is 2. The van der Waals surface area contributed by atoms with Crippen LogP contribution in [0.25, 0.3) is 0 Å². The molecule has 0 radical (unpaired) electrons. The van der Waals surface area contributed by atoms with Crippen LogP contribution in [0.2, 0.25) is 0 Å². The summed E-state index contributed by atoms with van der Waals surface area (Å²) in [6, 6.07) is 1.20. The maximum atomic E-state index is 12.1. The molecule has 1 heterocycles. The monoisotopic (exact) mass is 249 g/mol. The molecule has 0 unspecified atom stereocenters. The zero-order valence-corrected chi connectivity index (χ0v) is 8.81. The Bertz CT molecular complexity index is 420. The van der Waals surface area contributed by atoms with Gasteiger partial charge in [0.25, 0.3) is 0 Å². The van der Waals surface area contributed by atoms with Crippen LogP contribution in [-0.4, -0.2) is 40.8 Å². The van der Waals surface area contributed by atoms with Crippen molar-refractivity contribution in [3.63, 3.8) is 0 Å². The molecule has 0 aliphatic rings. The molecule has 6 nitrogen and oxygen atoms in total. The number of oxime groups is 1. The van der Waals surface area contributed by atoms with Crippen molar-refractivity contribution in [3.05, 3.63) is 18.1 Å². The maximum absolute atomic E-state index is 12.1. The molecule has 1 aromatic rings. The third-order valence-electron chi connectivity index (χ3n) is 1.83. The number of hydrogen-bond donors (Lipinski definition) is 2. The van der Waals surface area contributed by atoms with Gasteiger partial charge in [-0.2, -0.15) is 13.2 Å². The zero-order valence-electron chi connectivity index (χ0n) is 8.81. The number of alkyl halides is 3. The second-order valence-corrected chi connectivity index (χ2v) is 3.22. The number of amidine groups is 1. The molecular weight excluding hydrogens is 239 g/mol. The molecule has 17 heavy (non-hydrogen) atoms. The standard InChI is InChI=1S/C8H10F3N5O/c1-16(3-8(9,10)11)6-2-5(7(12)15-17)13-4-14-6/h2,4,17H,3H2,1H3,(H2,12,15). The van der Waals surface area contributed by atoms with E-state index in [1.807, 2.05) is 0 Å². The number of halogens is 3. The molecule has 0 bridgehead atoms. The van der Waals surface area contributed by atoms with E-state index in [4.69, 9.17) is 10.9 Å². The molecule has 94 valence electrons. The maximum Gasteiger partial charge on any atom is 0.405 e. The normalized spacial score (nSPS) is 12.6. The summed E-state index contributed by atoms with van der Waals surface area (Å²) in [5.74, 6) is -0.270. The van der Waals surface area contributed by atoms with Gasteiger partial charge in [0, 0.05) is 13.1 Å². The van der Waals surface area contributed by atoms with Gasteiger partial charge in [-0.05, 0) is 0 Å². The van der Waals surface area contributed by atoms with Crippen LogP contribution in [0.15, 0.2) is 17.5 Å².